The van der Waals surface area contributed by atoms with Gasteiger partial charge in [-0.3, -0.25) is 4.79 Å². The Bertz CT molecular complexity index is 1090. The first-order valence-electron chi connectivity index (χ1n) is 8.72. The van der Waals surface area contributed by atoms with Gasteiger partial charge >= 0.3 is 0 Å². The molecule has 0 atom stereocenters. The molecule has 3 aromatic carbocycles. The van der Waals surface area contributed by atoms with Crippen molar-refractivity contribution in [3.05, 3.63) is 71.8 Å². The number of hydrogen-bond donors (Lipinski definition) is 0. The van der Waals surface area contributed by atoms with Crippen LogP contribution in [0.3, 0.4) is 0 Å². The van der Waals surface area contributed by atoms with Crippen LogP contribution in [-0.2, 0) is 13.1 Å². The normalized spacial score (nSPS) is 11.2. The van der Waals surface area contributed by atoms with E-state index in [-0.39, 0.29) is 5.91 Å². The molecule has 0 bridgehead atoms. The van der Waals surface area contributed by atoms with E-state index in [1.54, 1.807) is 4.90 Å². The molecule has 1 amide bonds. The molecule has 0 unspecified atom stereocenters. The van der Waals surface area contributed by atoms with Gasteiger partial charge < -0.3 is 4.90 Å². The molecule has 130 valence electrons. The maximum atomic E-state index is 12.9. The van der Waals surface area contributed by atoms with Crippen LogP contribution < -0.4 is 0 Å². The Kier molecular flexibility index (Phi) is 4.13. The van der Waals surface area contributed by atoms with Gasteiger partial charge in [0.1, 0.15) is 5.52 Å². The van der Waals surface area contributed by atoms with Crippen LogP contribution in [0.5, 0.6) is 0 Å². The van der Waals surface area contributed by atoms with Crippen LogP contribution in [0.15, 0.2) is 60.7 Å². The molecular weight excluding hydrogens is 324 g/mol. The molecule has 0 N–H and O–H groups in total. The van der Waals surface area contributed by atoms with E-state index in [1.807, 2.05) is 55.1 Å². The summed E-state index contributed by atoms with van der Waals surface area (Å²) in [5.41, 5.74) is 3.46. The van der Waals surface area contributed by atoms with Gasteiger partial charge in [-0.15, -0.1) is 5.10 Å². The van der Waals surface area contributed by atoms with Crippen LogP contribution in [0, 0.1) is 0 Å². The number of carbonyl (C=O) groups excluding carboxylic acids is 1. The molecule has 26 heavy (non-hydrogen) atoms. The lowest BCUT2D eigenvalue weighted by molar-refractivity contribution is 0.0786. The number of nitrogens with zero attached hydrogens (tertiary/aromatic N) is 4. The summed E-state index contributed by atoms with van der Waals surface area (Å²) in [5.74, 6) is -0.0223. The SMILES string of the molecule is CCn1nnc2cc(C(=O)N(C)Cc3cccc4ccccc34)ccc21. The summed E-state index contributed by atoms with van der Waals surface area (Å²) in [6.45, 7) is 3.33. The standard InChI is InChI=1S/C21H20N4O/c1-3-25-20-12-11-16(13-19(20)22-23-25)21(26)24(2)14-17-9-6-8-15-7-4-5-10-18(15)17/h4-13H,3,14H2,1-2H3. The molecule has 5 nitrogen and oxygen atoms in total. The molecule has 4 rings (SSSR count). The van der Waals surface area contributed by atoms with Gasteiger partial charge in [0.15, 0.2) is 0 Å². The van der Waals surface area contributed by atoms with E-state index in [4.69, 9.17) is 0 Å². The van der Waals surface area contributed by atoms with Crippen molar-refractivity contribution in [2.24, 2.45) is 0 Å². The van der Waals surface area contributed by atoms with Gasteiger partial charge in [0.25, 0.3) is 5.91 Å². The molecule has 0 saturated carbocycles. The topological polar surface area (TPSA) is 51.0 Å². The van der Waals surface area contributed by atoms with Crippen molar-refractivity contribution < 1.29 is 4.79 Å². The van der Waals surface area contributed by atoms with Gasteiger partial charge in [-0.1, -0.05) is 47.7 Å². The van der Waals surface area contributed by atoms with E-state index in [0.717, 1.165) is 23.1 Å². The highest BCUT2D eigenvalue weighted by molar-refractivity contribution is 5.97. The highest BCUT2D eigenvalue weighted by Crippen LogP contribution is 2.21. The monoisotopic (exact) mass is 344 g/mol. The van der Waals surface area contributed by atoms with E-state index in [9.17, 15) is 4.79 Å². The summed E-state index contributed by atoms with van der Waals surface area (Å²) in [6, 6.07) is 20.0. The lowest BCUT2D eigenvalue weighted by Crippen LogP contribution is -2.26. The van der Waals surface area contributed by atoms with E-state index < -0.39 is 0 Å². The predicted molar refractivity (Wildman–Crippen MR) is 103 cm³/mol. The van der Waals surface area contributed by atoms with Crippen LogP contribution >= 0.6 is 0 Å². The van der Waals surface area contributed by atoms with Crippen LogP contribution in [-0.4, -0.2) is 32.8 Å². The first-order chi connectivity index (χ1) is 12.7. The van der Waals surface area contributed by atoms with Gasteiger partial charge in [0.2, 0.25) is 0 Å². The van der Waals surface area contributed by atoms with Crippen molar-refractivity contribution in [2.45, 2.75) is 20.0 Å². The van der Waals surface area contributed by atoms with E-state index in [1.165, 1.54) is 10.8 Å². The van der Waals surface area contributed by atoms with Gasteiger partial charge in [0, 0.05) is 25.7 Å². The van der Waals surface area contributed by atoms with Gasteiger partial charge in [-0.2, -0.15) is 0 Å². The molecule has 1 heterocycles. The Morgan fingerprint density at radius 1 is 1.08 bits per heavy atom. The molecule has 0 aliphatic rings. The second-order valence-electron chi connectivity index (χ2n) is 6.41. The Labute approximate surface area is 151 Å². The summed E-state index contributed by atoms with van der Waals surface area (Å²) >= 11 is 0. The number of benzene rings is 3. The molecule has 5 heteroatoms. The molecule has 0 aliphatic heterocycles. The smallest absolute Gasteiger partial charge is 0.253 e. The fourth-order valence-electron chi connectivity index (χ4n) is 3.32. The molecule has 0 spiro atoms. The molecule has 0 fully saturated rings. The molecule has 0 aliphatic carbocycles. The van der Waals surface area contributed by atoms with Crippen LogP contribution in [0.4, 0.5) is 0 Å². The fraction of sp³-hybridized carbons (Fsp3) is 0.190. The zero-order chi connectivity index (χ0) is 18.1. The molecule has 1 aromatic heterocycles. The van der Waals surface area contributed by atoms with Gasteiger partial charge in [-0.05, 0) is 41.5 Å². The summed E-state index contributed by atoms with van der Waals surface area (Å²) in [4.78, 5) is 14.6. The first-order valence-corrected chi connectivity index (χ1v) is 8.72. The minimum Gasteiger partial charge on any atom is -0.337 e. The summed E-state index contributed by atoms with van der Waals surface area (Å²) in [5, 5.41) is 10.6. The Morgan fingerprint density at radius 2 is 1.88 bits per heavy atom. The number of hydrogen-bond acceptors (Lipinski definition) is 3. The number of aryl methyl sites for hydroxylation is 1. The summed E-state index contributed by atoms with van der Waals surface area (Å²) in [6.07, 6.45) is 0. The van der Waals surface area contributed by atoms with Crippen molar-refractivity contribution in [1.29, 1.82) is 0 Å². The lowest BCUT2D eigenvalue weighted by atomic mass is 10.0. The highest BCUT2D eigenvalue weighted by Gasteiger charge is 2.15. The zero-order valence-corrected chi connectivity index (χ0v) is 14.9. The number of fused-ring (bicyclic) bond motifs is 2. The average Bonchev–Trinajstić information content (AvgIpc) is 3.10. The Hall–Kier alpha value is -3.21. The molecular formula is C21H20N4O. The van der Waals surface area contributed by atoms with E-state index in [2.05, 4.69) is 34.6 Å². The minimum atomic E-state index is -0.0223. The van der Waals surface area contributed by atoms with Crippen LogP contribution in [0.25, 0.3) is 21.8 Å². The third-order valence-electron chi connectivity index (χ3n) is 4.69. The maximum absolute atomic E-state index is 12.9. The van der Waals surface area contributed by atoms with Crippen molar-refractivity contribution in [1.82, 2.24) is 19.9 Å². The summed E-state index contributed by atoms with van der Waals surface area (Å²) < 4.78 is 1.82. The zero-order valence-electron chi connectivity index (χ0n) is 14.9. The van der Waals surface area contributed by atoms with Crippen LogP contribution in [0.2, 0.25) is 0 Å². The fourth-order valence-corrected chi connectivity index (χ4v) is 3.32. The lowest BCUT2D eigenvalue weighted by Gasteiger charge is -2.18. The van der Waals surface area contributed by atoms with Crippen molar-refractivity contribution in [3.8, 4) is 0 Å². The quantitative estimate of drug-likeness (QED) is 0.564. The van der Waals surface area contributed by atoms with E-state index in [0.29, 0.717) is 12.1 Å². The third-order valence-corrected chi connectivity index (χ3v) is 4.69. The average molecular weight is 344 g/mol. The van der Waals surface area contributed by atoms with E-state index >= 15 is 0 Å². The number of aromatic nitrogens is 3. The number of carbonyl (C=O) groups is 1. The highest BCUT2D eigenvalue weighted by atomic mass is 16.2. The van der Waals surface area contributed by atoms with Crippen LogP contribution in [0.1, 0.15) is 22.8 Å². The van der Waals surface area contributed by atoms with Gasteiger partial charge in [0.05, 0.1) is 5.52 Å². The largest absolute Gasteiger partial charge is 0.337 e. The maximum Gasteiger partial charge on any atom is 0.253 e. The summed E-state index contributed by atoms with van der Waals surface area (Å²) in [7, 11) is 1.83. The second kappa shape index (κ2) is 6.59. The number of amides is 1. The Balaban J connectivity index is 1.61. The van der Waals surface area contributed by atoms with Crippen molar-refractivity contribution in [3.63, 3.8) is 0 Å². The van der Waals surface area contributed by atoms with Crippen molar-refractivity contribution in [2.75, 3.05) is 7.05 Å². The molecule has 0 radical (unpaired) electrons. The Morgan fingerprint density at radius 3 is 2.73 bits per heavy atom. The molecule has 4 aromatic rings. The van der Waals surface area contributed by atoms with Crippen molar-refractivity contribution >= 4 is 27.7 Å². The molecule has 0 saturated heterocycles. The van der Waals surface area contributed by atoms with Gasteiger partial charge in [-0.25, -0.2) is 4.68 Å². The first kappa shape index (κ1) is 16.3. The minimum absolute atomic E-state index is 0.0223. The third kappa shape index (κ3) is 2.81. The number of rotatable bonds is 4. The second-order valence-corrected chi connectivity index (χ2v) is 6.41. The predicted octanol–water partition coefficient (Wildman–Crippen LogP) is 3.88.